The summed E-state index contributed by atoms with van der Waals surface area (Å²) >= 11 is 5.52. The third kappa shape index (κ3) is 6.41. The van der Waals surface area contributed by atoms with Gasteiger partial charge in [-0.3, -0.25) is 5.43 Å². The first-order chi connectivity index (χ1) is 17.5. The molecule has 1 aliphatic rings. The monoisotopic (exact) mass is 504 g/mol. The first-order valence-corrected chi connectivity index (χ1v) is 12.2. The molecule has 9 nitrogen and oxygen atoms in total. The first-order valence-electron chi connectivity index (χ1n) is 11.8. The van der Waals surface area contributed by atoms with Gasteiger partial charge in [-0.05, 0) is 58.7 Å². The van der Waals surface area contributed by atoms with Crippen molar-refractivity contribution in [2.24, 2.45) is 5.10 Å². The van der Waals surface area contributed by atoms with Crippen molar-refractivity contribution in [1.82, 2.24) is 19.9 Å². The molecule has 0 radical (unpaired) electrons. The minimum absolute atomic E-state index is 0.102. The van der Waals surface area contributed by atoms with Crippen LogP contribution in [0.25, 0.3) is 12.2 Å². The maximum atomic E-state index is 11.1. The Bertz CT molecular complexity index is 1230. The van der Waals surface area contributed by atoms with E-state index in [1.54, 1.807) is 12.3 Å². The lowest BCUT2D eigenvalue weighted by molar-refractivity contribution is -0.392. The van der Waals surface area contributed by atoms with Gasteiger partial charge in [0.05, 0.1) is 12.8 Å². The van der Waals surface area contributed by atoms with Crippen LogP contribution in [0.4, 0.5) is 5.82 Å². The molecule has 0 aliphatic carbocycles. The molecule has 1 aliphatic heterocycles. The molecular formula is C26H28N6O3S. The van der Waals surface area contributed by atoms with Crippen molar-refractivity contribution >= 4 is 41.5 Å². The van der Waals surface area contributed by atoms with Gasteiger partial charge < -0.3 is 20.1 Å². The summed E-state index contributed by atoms with van der Waals surface area (Å²) in [4.78, 5) is 16.8. The predicted octanol–water partition coefficient (Wildman–Crippen LogP) is 4.04. The maximum absolute atomic E-state index is 11.1. The number of aliphatic hydroxyl groups is 1. The number of aliphatic hydroxyl groups excluding tert-OH is 1. The lowest BCUT2D eigenvalue weighted by Gasteiger charge is -2.33. The molecule has 0 amide bonds. The predicted molar refractivity (Wildman–Crippen MR) is 145 cm³/mol. The van der Waals surface area contributed by atoms with Crippen LogP contribution in [0.15, 0.2) is 65.9 Å². The van der Waals surface area contributed by atoms with Gasteiger partial charge in [0.2, 0.25) is 5.82 Å². The van der Waals surface area contributed by atoms with Crippen LogP contribution in [0.5, 0.6) is 0 Å². The van der Waals surface area contributed by atoms with Gasteiger partial charge in [-0.15, -0.1) is 0 Å². The van der Waals surface area contributed by atoms with Crippen molar-refractivity contribution in [3.05, 3.63) is 93.4 Å². The molecule has 2 N–H and O–H groups in total. The van der Waals surface area contributed by atoms with E-state index in [-0.39, 0.29) is 19.0 Å². The number of nitrogens with zero attached hydrogens (tertiary/aromatic N) is 5. The number of thiocarbonyl (C=S) groups is 1. The zero-order valence-corrected chi connectivity index (χ0v) is 20.6. The fourth-order valence-electron chi connectivity index (χ4n) is 4.23. The number of benzene rings is 2. The summed E-state index contributed by atoms with van der Waals surface area (Å²) in [5.74, 6) is 0.833. The van der Waals surface area contributed by atoms with Crippen molar-refractivity contribution < 1.29 is 10.0 Å². The van der Waals surface area contributed by atoms with E-state index in [1.165, 1.54) is 16.3 Å². The molecule has 2 heterocycles. The van der Waals surface area contributed by atoms with Crippen LogP contribution in [0, 0.1) is 10.1 Å². The molecule has 10 heteroatoms. The van der Waals surface area contributed by atoms with Crippen molar-refractivity contribution in [3.8, 4) is 0 Å². The van der Waals surface area contributed by atoms with Crippen molar-refractivity contribution in [1.29, 1.82) is 0 Å². The minimum Gasteiger partial charge on any atom is -0.392 e. The van der Waals surface area contributed by atoms with Crippen LogP contribution in [-0.4, -0.2) is 55.5 Å². The highest BCUT2D eigenvalue weighted by Crippen LogP contribution is 2.27. The molecule has 36 heavy (non-hydrogen) atoms. The summed E-state index contributed by atoms with van der Waals surface area (Å²) in [5, 5.41) is 25.2. The van der Waals surface area contributed by atoms with E-state index in [0.29, 0.717) is 16.9 Å². The van der Waals surface area contributed by atoms with Crippen LogP contribution in [0.1, 0.15) is 41.3 Å². The Morgan fingerprint density at radius 3 is 2.50 bits per heavy atom. The number of hydrazone groups is 1. The van der Waals surface area contributed by atoms with E-state index in [1.807, 2.05) is 36.4 Å². The molecule has 0 atom stereocenters. The molecule has 0 spiro atoms. The Morgan fingerprint density at radius 1 is 1.14 bits per heavy atom. The summed E-state index contributed by atoms with van der Waals surface area (Å²) < 4.78 is 1.37. The molecule has 4 rings (SSSR count). The molecule has 0 unspecified atom stereocenters. The minimum atomic E-state index is -0.513. The van der Waals surface area contributed by atoms with E-state index in [4.69, 9.17) is 12.2 Å². The van der Waals surface area contributed by atoms with E-state index in [0.717, 1.165) is 37.1 Å². The van der Waals surface area contributed by atoms with Gasteiger partial charge in [-0.25, -0.2) is 9.55 Å². The molecule has 186 valence electrons. The third-order valence-electron chi connectivity index (χ3n) is 6.16. The smallest absolute Gasteiger partial charge is 0.343 e. The van der Waals surface area contributed by atoms with E-state index >= 15 is 0 Å². The zero-order valence-electron chi connectivity index (χ0n) is 19.7. The molecule has 2 aromatic carbocycles. The van der Waals surface area contributed by atoms with Gasteiger partial charge in [-0.2, -0.15) is 5.10 Å². The normalized spacial score (nSPS) is 14.5. The lowest BCUT2D eigenvalue weighted by atomic mass is 9.90. The van der Waals surface area contributed by atoms with Crippen LogP contribution in [-0.2, 0) is 6.54 Å². The summed E-state index contributed by atoms with van der Waals surface area (Å²) in [6.07, 6.45) is 8.54. The number of rotatable bonds is 8. The zero-order chi connectivity index (χ0) is 25.3. The summed E-state index contributed by atoms with van der Waals surface area (Å²) in [6, 6.07) is 18.3. The van der Waals surface area contributed by atoms with Crippen LogP contribution < -0.4 is 5.43 Å². The third-order valence-corrected chi connectivity index (χ3v) is 6.51. The Morgan fingerprint density at radius 2 is 1.83 bits per heavy atom. The molecule has 1 fully saturated rings. The Labute approximate surface area is 214 Å². The van der Waals surface area contributed by atoms with Gasteiger partial charge in [0, 0.05) is 19.2 Å². The number of piperidine rings is 1. The van der Waals surface area contributed by atoms with Gasteiger partial charge in [-0.1, -0.05) is 54.6 Å². The fraction of sp³-hybridized carbons (Fsp3) is 0.269. The highest BCUT2D eigenvalue weighted by Gasteiger charge is 2.22. The van der Waals surface area contributed by atoms with Gasteiger partial charge in [0.15, 0.2) is 5.11 Å². The van der Waals surface area contributed by atoms with Crippen molar-refractivity contribution in [2.45, 2.75) is 25.3 Å². The number of aromatic nitrogens is 2. The number of nitro groups is 1. The van der Waals surface area contributed by atoms with E-state index in [2.05, 4.69) is 44.7 Å². The average Bonchev–Trinajstić information content (AvgIpc) is 3.32. The Kier molecular flexibility index (Phi) is 8.53. The number of nitrogens with one attached hydrogen (secondary N) is 1. The molecule has 3 aromatic rings. The highest BCUT2D eigenvalue weighted by atomic mass is 32.1. The second-order valence-corrected chi connectivity index (χ2v) is 8.84. The second-order valence-electron chi connectivity index (χ2n) is 8.45. The summed E-state index contributed by atoms with van der Waals surface area (Å²) in [7, 11) is 0. The number of likely N-dealkylation sites (tertiary alicyclic amines) is 1. The number of imidazole rings is 1. The highest BCUT2D eigenvalue weighted by molar-refractivity contribution is 7.80. The topological polar surface area (TPSA) is 109 Å². The van der Waals surface area contributed by atoms with E-state index < -0.39 is 4.92 Å². The molecule has 0 saturated carbocycles. The fourth-order valence-corrected chi connectivity index (χ4v) is 4.46. The van der Waals surface area contributed by atoms with Crippen LogP contribution >= 0.6 is 12.2 Å². The molecular weight excluding hydrogens is 476 g/mol. The maximum Gasteiger partial charge on any atom is 0.343 e. The van der Waals surface area contributed by atoms with Gasteiger partial charge in [0.25, 0.3) is 0 Å². The molecule has 1 saturated heterocycles. The Balaban J connectivity index is 1.28. The van der Waals surface area contributed by atoms with Crippen molar-refractivity contribution in [3.63, 3.8) is 0 Å². The van der Waals surface area contributed by atoms with Gasteiger partial charge in [0.1, 0.15) is 12.7 Å². The number of hydrogen-bond acceptors (Lipinski definition) is 6. The van der Waals surface area contributed by atoms with Crippen LogP contribution in [0.3, 0.4) is 0 Å². The number of hydrogen-bond donors (Lipinski definition) is 2. The Hall–Kier alpha value is -3.89. The van der Waals surface area contributed by atoms with Crippen molar-refractivity contribution in [2.75, 3.05) is 19.7 Å². The summed E-state index contributed by atoms with van der Waals surface area (Å²) in [6.45, 7) is 1.70. The SMILES string of the molecule is O=[N+]([O-])c1cnc(/C=C/c2ccc(/C=N/NC(=S)N3CCC(c4ccccc4)CC3)cc2)n1CCO. The quantitative estimate of drug-likeness (QED) is 0.206. The largest absolute Gasteiger partial charge is 0.392 e. The second kappa shape index (κ2) is 12.2. The summed E-state index contributed by atoms with van der Waals surface area (Å²) in [5.41, 5.74) is 6.17. The average molecular weight is 505 g/mol. The molecule has 1 aromatic heterocycles. The standard InChI is InChI=1S/C26H28N6O3S/c33-17-16-31-24(27-19-25(31)32(34)35)11-10-20-6-8-21(9-7-20)18-28-29-26(36)30-14-12-23(13-15-30)22-4-2-1-3-5-22/h1-11,18-19,23,33H,12-17H2,(H,29,36)/b11-10+,28-18+. The first kappa shape index (κ1) is 25.2. The van der Waals surface area contributed by atoms with E-state index in [9.17, 15) is 15.2 Å². The lowest BCUT2D eigenvalue weighted by Crippen LogP contribution is -2.42. The van der Waals surface area contributed by atoms with Crippen LogP contribution in [0.2, 0.25) is 0 Å². The van der Waals surface area contributed by atoms with Gasteiger partial charge >= 0.3 is 5.82 Å². The molecule has 0 bridgehead atoms.